The maximum Gasteiger partial charge on any atom is 0.321 e. The molecule has 2 aromatic carbocycles. The van der Waals surface area contributed by atoms with Crippen molar-refractivity contribution in [3.63, 3.8) is 0 Å². The van der Waals surface area contributed by atoms with Crippen molar-refractivity contribution < 1.29 is 9.53 Å². The summed E-state index contributed by atoms with van der Waals surface area (Å²) in [5.74, 6) is 1.70. The first-order valence-electron chi connectivity index (χ1n) is 10.6. The van der Waals surface area contributed by atoms with Gasteiger partial charge in [0, 0.05) is 31.9 Å². The van der Waals surface area contributed by atoms with Gasteiger partial charge in [-0.25, -0.2) is 9.78 Å². The second-order valence-electron chi connectivity index (χ2n) is 7.71. The predicted molar refractivity (Wildman–Crippen MR) is 120 cm³/mol. The number of rotatable bonds is 6. The summed E-state index contributed by atoms with van der Waals surface area (Å²) in [4.78, 5) is 24.8. The van der Waals surface area contributed by atoms with Crippen molar-refractivity contribution in [3.8, 4) is 5.75 Å². The molecular formula is C23H29N5O2. The number of carbonyl (C=O) groups excluding carboxylic acids is 1. The van der Waals surface area contributed by atoms with E-state index in [9.17, 15) is 4.79 Å². The highest BCUT2D eigenvalue weighted by atomic mass is 16.5. The van der Waals surface area contributed by atoms with Crippen molar-refractivity contribution in [3.05, 3.63) is 48.0 Å². The van der Waals surface area contributed by atoms with Crippen molar-refractivity contribution >= 4 is 28.7 Å². The molecule has 0 aliphatic carbocycles. The minimum absolute atomic E-state index is 0.0745. The third kappa shape index (κ3) is 4.67. The lowest BCUT2D eigenvalue weighted by atomic mass is 10.2. The first-order chi connectivity index (χ1) is 14.6. The summed E-state index contributed by atoms with van der Waals surface area (Å²) in [7, 11) is 0. The minimum atomic E-state index is -0.0745. The summed E-state index contributed by atoms with van der Waals surface area (Å²) >= 11 is 0. The zero-order valence-electron chi connectivity index (χ0n) is 17.6. The van der Waals surface area contributed by atoms with Crippen LogP contribution in [0.15, 0.2) is 42.5 Å². The molecule has 3 aromatic rings. The molecule has 158 valence electrons. The van der Waals surface area contributed by atoms with Crippen LogP contribution in [0.25, 0.3) is 11.0 Å². The lowest BCUT2D eigenvalue weighted by molar-refractivity contribution is 0.208. The van der Waals surface area contributed by atoms with Crippen LogP contribution in [0.5, 0.6) is 5.75 Å². The van der Waals surface area contributed by atoms with Crippen LogP contribution in [-0.2, 0) is 0 Å². The fourth-order valence-corrected chi connectivity index (χ4v) is 3.55. The molecule has 0 radical (unpaired) electrons. The molecule has 1 aromatic heterocycles. The molecule has 0 unspecified atom stereocenters. The van der Waals surface area contributed by atoms with Crippen LogP contribution in [0.4, 0.5) is 16.4 Å². The van der Waals surface area contributed by atoms with E-state index in [-0.39, 0.29) is 6.03 Å². The SMILES string of the molecule is CCCCOc1ccc(NC(=O)N2CCN(c3nc4ccc(C)cc4[nH]3)CC2)cc1. The number of nitrogens with one attached hydrogen (secondary N) is 2. The van der Waals surface area contributed by atoms with E-state index in [2.05, 4.69) is 46.2 Å². The van der Waals surface area contributed by atoms with E-state index in [4.69, 9.17) is 4.74 Å². The Hall–Kier alpha value is -3.22. The monoisotopic (exact) mass is 407 g/mol. The quantitative estimate of drug-likeness (QED) is 0.594. The first kappa shape index (κ1) is 20.1. The van der Waals surface area contributed by atoms with Crippen molar-refractivity contribution in [1.82, 2.24) is 14.9 Å². The van der Waals surface area contributed by atoms with E-state index in [0.717, 1.165) is 61.0 Å². The molecule has 1 fully saturated rings. The molecule has 2 N–H and O–H groups in total. The van der Waals surface area contributed by atoms with Gasteiger partial charge in [-0.2, -0.15) is 0 Å². The highest BCUT2D eigenvalue weighted by molar-refractivity contribution is 5.89. The lowest BCUT2D eigenvalue weighted by Crippen LogP contribution is -2.50. The summed E-state index contributed by atoms with van der Waals surface area (Å²) in [6, 6.07) is 13.7. The standard InChI is InChI=1S/C23H29N5O2/c1-3-4-15-30-19-8-6-18(7-9-19)24-23(29)28-13-11-27(12-14-28)22-25-20-10-5-17(2)16-21(20)26-22/h5-10,16H,3-4,11-15H2,1-2H3,(H,24,29)(H,25,26). The number of unbranched alkanes of at least 4 members (excludes halogenated alkanes) is 1. The van der Waals surface area contributed by atoms with Gasteiger partial charge in [-0.05, 0) is 55.3 Å². The Morgan fingerprint density at radius 3 is 2.63 bits per heavy atom. The molecule has 0 atom stereocenters. The van der Waals surface area contributed by atoms with Gasteiger partial charge in [-0.1, -0.05) is 19.4 Å². The molecular weight excluding hydrogens is 378 g/mol. The second-order valence-corrected chi connectivity index (χ2v) is 7.71. The van der Waals surface area contributed by atoms with Crippen molar-refractivity contribution in [2.75, 3.05) is 43.0 Å². The summed E-state index contributed by atoms with van der Waals surface area (Å²) in [5, 5.41) is 2.98. The van der Waals surface area contributed by atoms with Gasteiger partial charge in [0.25, 0.3) is 0 Å². The number of hydrogen-bond acceptors (Lipinski definition) is 4. The van der Waals surface area contributed by atoms with Crippen molar-refractivity contribution in [2.45, 2.75) is 26.7 Å². The van der Waals surface area contributed by atoms with Gasteiger partial charge in [0.15, 0.2) is 0 Å². The number of H-pyrrole nitrogens is 1. The zero-order valence-corrected chi connectivity index (χ0v) is 17.6. The molecule has 1 aliphatic heterocycles. The Morgan fingerprint density at radius 1 is 1.13 bits per heavy atom. The molecule has 30 heavy (non-hydrogen) atoms. The maximum absolute atomic E-state index is 12.6. The number of benzene rings is 2. The van der Waals surface area contributed by atoms with Crippen molar-refractivity contribution in [1.29, 1.82) is 0 Å². The number of piperazine rings is 1. The van der Waals surface area contributed by atoms with E-state index in [1.807, 2.05) is 35.2 Å². The Balaban J connectivity index is 1.29. The molecule has 1 saturated heterocycles. The normalized spacial score (nSPS) is 14.2. The molecule has 1 aliphatic rings. The number of aryl methyl sites for hydroxylation is 1. The molecule has 2 amide bonds. The van der Waals surface area contributed by atoms with E-state index in [1.54, 1.807) is 0 Å². The number of imidazole rings is 1. The van der Waals surface area contributed by atoms with Crippen LogP contribution in [0, 0.1) is 6.92 Å². The largest absolute Gasteiger partial charge is 0.494 e. The number of carbonyl (C=O) groups is 1. The number of amides is 2. The van der Waals surface area contributed by atoms with Gasteiger partial charge in [-0.3, -0.25) is 0 Å². The van der Waals surface area contributed by atoms with Crippen LogP contribution in [-0.4, -0.2) is 53.7 Å². The number of hydrogen-bond donors (Lipinski definition) is 2. The van der Waals surface area contributed by atoms with Crippen LogP contribution >= 0.6 is 0 Å². The number of ether oxygens (including phenoxy) is 1. The molecule has 0 spiro atoms. The van der Waals surface area contributed by atoms with Gasteiger partial charge >= 0.3 is 6.03 Å². The number of urea groups is 1. The zero-order chi connectivity index (χ0) is 20.9. The number of aromatic amines is 1. The molecule has 4 rings (SSSR count). The Morgan fingerprint density at radius 2 is 1.90 bits per heavy atom. The molecule has 7 heteroatoms. The first-order valence-corrected chi connectivity index (χ1v) is 10.6. The summed E-state index contributed by atoms with van der Waals surface area (Å²) in [5.41, 5.74) is 4.00. The topological polar surface area (TPSA) is 73.5 Å². The smallest absolute Gasteiger partial charge is 0.321 e. The average Bonchev–Trinajstić information content (AvgIpc) is 3.18. The maximum atomic E-state index is 12.6. The molecule has 2 heterocycles. The van der Waals surface area contributed by atoms with E-state index >= 15 is 0 Å². The van der Waals surface area contributed by atoms with Gasteiger partial charge in [0.2, 0.25) is 5.95 Å². The van der Waals surface area contributed by atoms with Crippen LogP contribution in [0.1, 0.15) is 25.3 Å². The number of fused-ring (bicyclic) bond motifs is 1. The summed E-state index contributed by atoms with van der Waals surface area (Å²) in [6.45, 7) is 7.73. The highest BCUT2D eigenvalue weighted by Gasteiger charge is 2.23. The molecule has 7 nitrogen and oxygen atoms in total. The number of nitrogens with zero attached hydrogens (tertiary/aromatic N) is 3. The summed E-state index contributed by atoms with van der Waals surface area (Å²) in [6.07, 6.45) is 2.15. The third-order valence-corrected chi connectivity index (χ3v) is 5.36. The van der Waals surface area contributed by atoms with Gasteiger partial charge in [0.05, 0.1) is 17.6 Å². The second kappa shape index (κ2) is 9.07. The van der Waals surface area contributed by atoms with Crippen molar-refractivity contribution in [2.24, 2.45) is 0 Å². The Bertz CT molecular complexity index is 991. The highest BCUT2D eigenvalue weighted by Crippen LogP contribution is 2.20. The fraction of sp³-hybridized carbons (Fsp3) is 0.391. The average molecular weight is 408 g/mol. The van der Waals surface area contributed by atoms with Gasteiger partial charge < -0.3 is 24.8 Å². The minimum Gasteiger partial charge on any atom is -0.494 e. The number of aromatic nitrogens is 2. The van der Waals surface area contributed by atoms with E-state index < -0.39 is 0 Å². The lowest BCUT2D eigenvalue weighted by Gasteiger charge is -2.34. The fourth-order valence-electron chi connectivity index (χ4n) is 3.55. The summed E-state index contributed by atoms with van der Waals surface area (Å²) < 4.78 is 5.67. The Kier molecular flexibility index (Phi) is 6.07. The predicted octanol–water partition coefficient (Wildman–Crippen LogP) is 4.40. The number of anilines is 2. The molecule has 0 saturated carbocycles. The van der Waals surface area contributed by atoms with Crippen LogP contribution in [0.2, 0.25) is 0 Å². The van der Waals surface area contributed by atoms with E-state index in [1.165, 1.54) is 5.56 Å². The van der Waals surface area contributed by atoms with Gasteiger partial charge in [-0.15, -0.1) is 0 Å². The third-order valence-electron chi connectivity index (χ3n) is 5.36. The van der Waals surface area contributed by atoms with Gasteiger partial charge in [0.1, 0.15) is 5.75 Å². The Labute approximate surface area is 177 Å². The van der Waals surface area contributed by atoms with Crippen LogP contribution in [0.3, 0.4) is 0 Å². The van der Waals surface area contributed by atoms with Crippen LogP contribution < -0.4 is 15.0 Å². The van der Waals surface area contributed by atoms with E-state index in [0.29, 0.717) is 13.1 Å². The molecule has 0 bridgehead atoms.